The fraction of sp³-hybridized carbons (Fsp3) is 0.250. The minimum Gasteiger partial charge on any atom is -0.336 e. The molecule has 3 N–H and O–H groups in total. The number of nitrogens with one attached hydrogen (secondary N) is 3. The molecule has 2 aromatic carbocycles. The van der Waals surface area contributed by atoms with Crippen LogP contribution in [0.5, 0.6) is 0 Å². The number of carbonyl (C=O) groups excluding carboxylic acids is 3. The molecule has 31 heavy (non-hydrogen) atoms. The van der Waals surface area contributed by atoms with E-state index in [0.717, 1.165) is 4.31 Å². The summed E-state index contributed by atoms with van der Waals surface area (Å²) in [7, 11) is -2.58. The Balaban J connectivity index is 1.60. The maximum atomic E-state index is 12.7. The number of anilines is 3. The smallest absolute Gasteiger partial charge is 0.321 e. The van der Waals surface area contributed by atoms with Gasteiger partial charge in [-0.25, -0.2) is 13.2 Å². The summed E-state index contributed by atoms with van der Waals surface area (Å²) < 4.78 is 26.3. The number of hydrogen-bond acceptors (Lipinski definition) is 5. The Bertz CT molecular complexity index is 1080. The first-order valence-corrected chi connectivity index (χ1v) is 10.9. The highest BCUT2D eigenvalue weighted by atomic mass is 32.2. The lowest BCUT2D eigenvalue weighted by molar-refractivity contribution is -0.116. The number of sulfonamides is 1. The Morgan fingerprint density at radius 3 is 2.16 bits per heavy atom. The number of rotatable bonds is 7. The molecule has 11 heteroatoms. The molecule has 4 amide bonds. The van der Waals surface area contributed by atoms with Gasteiger partial charge in [-0.2, -0.15) is 4.31 Å². The van der Waals surface area contributed by atoms with Gasteiger partial charge in [0.05, 0.1) is 11.4 Å². The van der Waals surface area contributed by atoms with Gasteiger partial charge in [0.25, 0.3) is 0 Å². The summed E-state index contributed by atoms with van der Waals surface area (Å²) in [5.74, 6) is -0.770. The quantitative estimate of drug-likeness (QED) is 0.594. The Morgan fingerprint density at radius 2 is 1.61 bits per heavy atom. The van der Waals surface area contributed by atoms with Gasteiger partial charge in [-0.05, 0) is 48.5 Å². The van der Waals surface area contributed by atoms with E-state index in [2.05, 4.69) is 16.0 Å². The predicted molar refractivity (Wildman–Crippen MR) is 116 cm³/mol. The van der Waals surface area contributed by atoms with Crippen molar-refractivity contribution in [1.82, 2.24) is 9.62 Å². The number of hydrogen-bond donors (Lipinski definition) is 3. The molecule has 1 heterocycles. The summed E-state index contributed by atoms with van der Waals surface area (Å²) >= 11 is 0. The average molecular weight is 446 g/mol. The van der Waals surface area contributed by atoms with Crippen LogP contribution >= 0.6 is 0 Å². The van der Waals surface area contributed by atoms with Crippen LogP contribution in [0.4, 0.5) is 21.9 Å². The molecule has 0 radical (unpaired) electrons. The largest absolute Gasteiger partial charge is 0.336 e. The zero-order valence-corrected chi connectivity index (χ0v) is 17.9. The number of benzene rings is 2. The highest BCUT2D eigenvalue weighted by Gasteiger charge is 2.24. The molecule has 1 saturated heterocycles. The van der Waals surface area contributed by atoms with Gasteiger partial charge in [-0.15, -0.1) is 0 Å². The minimum atomic E-state index is -3.89. The van der Waals surface area contributed by atoms with Gasteiger partial charge in [-0.3, -0.25) is 14.5 Å². The van der Waals surface area contributed by atoms with Crippen molar-refractivity contribution in [3.05, 3.63) is 48.5 Å². The average Bonchev–Trinajstić information content (AvgIpc) is 3.14. The van der Waals surface area contributed by atoms with Crippen molar-refractivity contribution in [3.63, 3.8) is 0 Å². The number of carbonyl (C=O) groups is 3. The van der Waals surface area contributed by atoms with Crippen molar-refractivity contribution in [1.29, 1.82) is 0 Å². The third kappa shape index (κ3) is 5.38. The first-order chi connectivity index (χ1) is 14.7. The second-order valence-electron chi connectivity index (χ2n) is 6.95. The van der Waals surface area contributed by atoms with Crippen molar-refractivity contribution in [2.75, 3.05) is 42.2 Å². The van der Waals surface area contributed by atoms with Crippen LogP contribution in [0.2, 0.25) is 0 Å². The van der Waals surface area contributed by atoms with Crippen molar-refractivity contribution in [2.45, 2.75) is 11.8 Å². The third-order valence-corrected chi connectivity index (χ3v) is 6.39. The molecular weight excluding hydrogens is 422 g/mol. The van der Waals surface area contributed by atoms with Crippen LogP contribution in [0.3, 0.4) is 0 Å². The Kier molecular flexibility index (Phi) is 6.56. The SMILES string of the molecule is CC(=O)Nc1ccc(S(=O)(=O)N(C)CC(=O)Nc2ccc(N3CCNC3=O)cc2)cc1. The molecule has 1 fully saturated rings. The first-order valence-electron chi connectivity index (χ1n) is 9.46. The highest BCUT2D eigenvalue weighted by molar-refractivity contribution is 7.89. The summed E-state index contributed by atoms with van der Waals surface area (Å²) in [5, 5.41) is 7.92. The molecule has 0 saturated carbocycles. The van der Waals surface area contributed by atoms with Crippen LogP contribution in [0.15, 0.2) is 53.4 Å². The van der Waals surface area contributed by atoms with Crippen LogP contribution in [0.25, 0.3) is 0 Å². The monoisotopic (exact) mass is 445 g/mol. The molecule has 164 valence electrons. The van der Waals surface area contributed by atoms with E-state index in [1.54, 1.807) is 29.2 Å². The van der Waals surface area contributed by atoms with Crippen LogP contribution in [0, 0.1) is 0 Å². The molecule has 1 aliphatic heterocycles. The zero-order chi connectivity index (χ0) is 22.6. The molecule has 0 bridgehead atoms. The van der Waals surface area contributed by atoms with E-state index in [-0.39, 0.29) is 23.4 Å². The molecule has 0 aliphatic carbocycles. The minimum absolute atomic E-state index is 0.00476. The van der Waals surface area contributed by atoms with E-state index >= 15 is 0 Å². The third-order valence-electron chi connectivity index (χ3n) is 4.57. The molecule has 0 atom stereocenters. The lowest BCUT2D eigenvalue weighted by atomic mass is 10.2. The van der Waals surface area contributed by atoms with Gasteiger partial charge in [0, 0.05) is 44.1 Å². The number of likely N-dealkylation sites (N-methyl/N-ethyl adjacent to an activating group) is 1. The maximum Gasteiger partial charge on any atom is 0.321 e. The topological polar surface area (TPSA) is 128 Å². The molecule has 1 aliphatic rings. The van der Waals surface area contributed by atoms with E-state index in [1.165, 1.54) is 38.2 Å². The van der Waals surface area contributed by atoms with E-state index < -0.39 is 15.9 Å². The Morgan fingerprint density at radius 1 is 1.03 bits per heavy atom. The molecule has 2 aromatic rings. The van der Waals surface area contributed by atoms with Crippen molar-refractivity contribution >= 4 is 44.9 Å². The van der Waals surface area contributed by atoms with Crippen molar-refractivity contribution in [2.24, 2.45) is 0 Å². The van der Waals surface area contributed by atoms with Crippen LogP contribution in [0.1, 0.15) is 6.92 Å². The highest BCUT2D eigenvalue weighted by Crippen LogP contribution is 2.20. The fourth-order valence-electron chi connectivity index (χ4n) is 3.02. The summed E-state index contributed by atoms with van der Waals surface area (Å²) in [4.78, 5) is 36.7. The molecule has 10 nitrogen and oxygen atoms in total. The fourth-order valence-corrected chi connectivity index (χ4v) is 4.15. The van der Waals surface area contributed by atoms with Gasteiger partial charge < -0.3 is 16.0 Å². The van der Waals surface area contributed by atoms with E-state index in [0.29, 0.717) is 30.2 Å². The van der Waals surface area contributed by atoms with Gasteiger partial charge in [-0.1, -0.05) is 0 Å². The second-order valence-corrected chi connectivity index (χ2v) is 8.99. The normalized spacial score (nSPS) is 13.8. The first kappa shape index (κ1) is 22.2. The number of nitrogens with zero attached hydrogens (tertiary/aromatic N) is 2. The lowest BCUT2D eigenvalue weighted by Crippen LogP contribution is -2.35. The molecular formula is C20H23N5O5S. The van der Waals surface area contributed by atoms with Crippen LogP contribution in [-0.2, 0) is 19.6 Å². The van der Waals surface area contributed by atoms with E-state index in [9.17, 15) is 22.8 Å². The summed E-state index contributed by atoms with van der Waals surface area (Å²) in [6.07, 6.45) is 0. The van der Waals surface area contributed by atoms with E-state index in [1.807, 2.05) is 0 Å². The van der Waals surface area contributed by atoms with Gasteiger partial charge in [0.1, 0.15) is 0 Å². The summed E-state index contributed by atoms with van der Waals surface area (Å²) in [5.41, 5.74) is 1.66. The summed E-state index contributed by atoms with van der Waals surface area (Å²) in [6.45, 7) is 2.12. The molecule has 0 unspecified atom stereocenters. The van der Waals surface area contributed by atoms with Gasteiger partial charge in [0.2, 0.25) is 21.8 Å². The van der Waals surface area contributed by atoms with Crippen LogP contribution < -0.4 is 20.9 Å². The van der Waals surface area contributed by atoms with E-state index in [4.69, 9.17) is 0 Å². The van der Waals surface area contributed by atoms with Crippen molar-refractivity contribution < 1.29 is 22.8 Å². The predicted octanol–water partition coefficient (Wildman–Crippen LogP) is 1.43. The van der Waals surface area contributed by atoms with Crippen LogP contribution in [-0.4, -0.2) is 57.3 Å². The summed E-state index contributed by atoms with van der Waals surface area (Å²) in [6, 6.07) is 12.2. The number of amides is 4. The second kappa shape index (κ2) is 9.14. The van der Waals surface area contributed by atoms with Crippen molar-refractivity contribution in [3.8, 4) is 0 Å². The lowest BCUT2D eigenvalue weighted by Gasteiger charge is -2.18. The molecule has 3 rings (SSSR count). The standard InChI is InChI=1S/C20H23N5O5S/c1-14(26)22-15-5-9-18(10-6-15)31(29,30)24(2)13-19(27)23-16-3-7-17(8-4-16)25-12-11-21-20(25)28/h3-10H,11-13H2,1-2H3,(H,21,28)(H,22,26)(H,23,27). The Hall–Kier alpha value is -3.44. The zero-order valence-electron chi connectivity index (χ0n) is 17.1. The maximum absolute atomic E-state index is 12.7. The van der Waals surface area contributed by atoms with Gasteiger partial charge >= 0.3 is 6.03 Å². The molecule has 0 aromatic heterocycles. The number of urea groups is 1. The Labute approximate surface area is 180 Å². The van der Waals surface area contributed by atoms with Gasteiger partial charge in [0.15, 0.2) is 0 Å². The molecule has 0 spiro atoms.